The van der Waals surface area contributed by atoms with E-state index in [0.29, 0.717) is 53.8 Å². The minimum atomic E-state index is -0.314. The van der Waals surface area contributed by atoms with E-state index in [1.165, 1.54) is 0 Å². The van der Waals surface area contributed by atoms with E-state index in [0.717, 1.165) is 12.8 Å². The van der Waals surface area contributed by atoms with Gasteiger partial charge in [0, 0.05) is 19.2 Å². The van der Waals surface area contributed by atoms with Crippen molar-refractivity contribution in [2.75, 3.05) is 32.9 Å². The molecule has 0 spiro atoms. The third kappa shape index (κ3) is 6.71. The van der Waals surface area contributed by atoms with Crippen LogP contribution >= 0.6 is 15.9 Å². The van der Waals surface area contributed by atoms with Gasteiger partial charge < -0.3 is 19.1 Å². The molecule has 0 aliphatic heterocycles. The van der Waals surface area contributed by atoms with Gasteiger partial charge in [0.2, 0.25) is 0 Å². The highest BCUT2D eigenvalue weighted by Crippen LogP contribution is 2.37. The molecule has 0 unspecified atom stereocenters. The summed E-state index contributed by atoms with van der Waals surface area (Å²) in [6.07, 6.45) is 2.36. The summed E-state index contributed by atoms with van der Waals surface area (Å²) in [4.78, 5) is 26.0. The van der Waals surface area contributed by atoms with Crippen molar-refractivity contribution in [3.63, 3.8) is 0 Å². The Morgan fingerprint density at radius 3 is 2.61 bits per heavy atom. The fraction of sp³-hybridized carbons (Fsp3) is 0.550. The molecule has 1 fully saturated rings. The van der Waals surface area contributed by atoms with Crippen LogP contribution in [0.1, 0.15) is 38.7 Å². The number of nitrogens with zero attached hydrogens (tertiary/aromatic N) is 2. The molecule has 1 aliphatic rings. The zero-order valence-electron chi connectivity index (χ0n) is 16.2. The number of hydrogen-bond acceptors (Lipinski definition) is 6. The second-order valence-corrected chi connectivity index (χ2v) is 7.31. The Kier molecular flexibility index (Phi) is 8.58. The van der Waals surface area contributed by atoms with Crippen LogP contribution < -0.4 is 9.47 Å². The van der Waals surface area contributed by atoms with E-state index >= 15 is 0 Å². The molecule has 0 radical (unpaired) electrons. The van der Waals surface area contributed by atoms with E-state index in [9.17, 15) is 9.59 Å². The fourth-order valence-corrected chi connectivity index (χ4v) is 3.21. The maximum Gasteiger partial charge on any atom is 0.307 e. The van der Waals surface area contributed by atoms with Gasteiger partial charge in [-0.1, -0.05) is 0 Å². The molecule has 8 heteroatoms. The number of hydrogen-bond donors (Lipinski definition) is 0. The van der Waals surface area contributed by atoms with E-state index in [4.69, 9.17) is 19.5 Å². The van der Waals surface area contributed by atoms with Gasteiger partial charge in [0.15, 0.2) is 18.1 Å². The van der Waals surface area contributed by atoms with Gasteiger partial charge in [0.1, 0.15) is 0 Å². The Morgan fingerprint density at radius 2 is 2.00 bits per heavy atom. The predicted octanol–water partition coefficient (Wildman–Crippen LogP) is 3.29. The van der Waals surface area contributed by atoms with Gasteiger partial charge in [-0.2, -0.15) is 5.26 Å². The van der Waals surface area contributed by atoms with Crippen molar-refractivity contribution in [1.29, 1.82) is 5.26 Å². The molecule has 2 rings (SSSR count). The summed E-state index contributed by atoms with van der Waals surface area (Å²) < 4.78 is 16.8. The number of esters is 1. The Balaban J connectivity index is 2.02. The quantitative estimate of drug-likeness (QED) is 0.478. The minimum absolute atomic E-state index is 0.164. The van der Waals surface area contributed by atoms with Gasteiger partial charge in [0.05, 0.1) is 35.7 Å². The molecule has 0 atom stereocenters. The summed E-state index contributed by atoms with van der Waals surface area (Å²) in [7, 11) is 0. The minimum Gasteiger partial charge on any atom is -0.490 e. The standard InChI is InChI=1S/C20H25BrN2O5/c1-3-26-17-10-15(11-22)9-16(21)20(17)28-13-18(24)23(12-14-5-6-14)8-7-19(25)27-4-2/h9-10,14H,3-8,12-13H2,1-2H3. The normalized spacial score (nSPS) is 12.8. The Hall–Kier alpha value is -2.27. The average molecular weight is 453 g/mol. The summed E-state index contributed by atoms with van der Waals surface area (Å²) in [5.41, 5.74) is 0.429. The molecular formula is C20H25BrN2O5. The van der Waals surface area contributed by atoms with E-state index in [2.05, 4.69) is 22.0 Å². The SMILES string of the molecule is CCOC(=O)CCN(CC1CC1)C(=O)COc1c(Br)cc(C#N)cc1OCC. The first-order valence-electron chi connectivity index (χ1n) is 9.41. The lowest BCUT2D eigenvalue weighted by molar-refractivity contribution is -0.144. The first-order valence-corrected chi connectivity index (χ1v) is 10.2. The number of ether oxygens (including phenoxy) is 3. The first kappa shape index (κ1) is 22.0. The molecule has 1 aromatic rings. The van der Waals surface area contributed by atoms with Crippen molar-refractivity contribution in [2.45, 2.75) is 33.1 Å². The van der Waals surface area contributed by atoms with Crippen molar-refractivity contribution in [2.24, 2.45) is 5.92 Å². The van der Waals surface area contributed by atoms with Crippen LogP contribution in [0.25, 0.3) is 0 Å². The lowest BCUT2D eigenvalue weighted by Gasteiger charge is -2.23. The van der Waals surface area contributed by atoms with Crippen LogP contribution in [0.4, 0.5) is 0 Å². The largest absolute Gasteiger partial charge is 0.490 e. The molecule has 7 nitrogen and oxygen atoms in total. The lowest BCUT2D eigenvalue weighted by atomic mass is 10.2. The highest BCUT2D eigenvalue weighted by molar-refractivity contribution is 9.10. The van der Waals surface area contributed by atoms with Gasteiger partial charge in [-0.05, 0) is 54.6 Å². The summed E-state index contributed by atoms with van der Waals surface area (Å²) in [5.74, 6) is 0.764. The van der Waals surface area contributed by atoms with Gasteiger partial charge in [0.25, 0.3) is 5.91 Å². The van der Waals surface area contributed by atoms with Crippen LogP contribution in [-0.4, -0.2) is 49.7 Å². The molecule has 0 aromatic heterocycles. The highest BCUT2D eigenvalue weighted by atomic mass is 79.9. The number of carbonyl (C=O) groups excluding carboxylic acids is 2. The highest BCUT2D eigenvalue weighted by Gasteiger charge is 2.27. The van der Waals surface area contributed by atoms with Gasteiger partial charge in [-0.25, -0.2) is 0 Å². The van der Waals surface area contributed by atoms with Crippen LogP contribution in [0, 0.1) is 17.2 Å². The van der Waals surface area contributed by atoms with Crippen molar-refractivity contribution in [3.05, 3.63) is 22.2 Å². The Labute approximate surface area is 173 Å². The van der Waals surface area contributed by atoms with E-state index in [1.807, 2.05) is 6.92 Å². The monoisotopic (exact) mass is 452 g/mol. The number of carbonyl (C=O) groups is 2. The van der Waals surface area contributed by atoms with Crippen LogP contribution in [-0.2, 0) is 14.3 Å². The van der Waals surface area contributed by atoms with Crippen molar-refractivity contribution >= 4 is 27.8 Å². The van der Waals surface area contributed by atoms with Crippen LogP contribution in [0.15, 0.2) is 16.6 Å². The van der Waals surface area contributed by atoms with Gasteiger partial charge in [-0.3, -0.25) is 9.59 Å². The average Bonchev–Trinajstić information content (AvgIpc) is 3.48. The zero-order chi connectivity index (χ0) is 20.5. The second kappa shape index (κ2) is 10.9. The molecule has 152 valence electrons. The zero-order valence-corrected chi connectivity index (χ0v) is 17.8. The molecule has 0 bridgehead atoms. The van der Waals surface area contributed by atoms with Crippen molar-refractivity contribution in [3.8, 4) is 17.6 Å². The molecule has 1 amide bonds. The Bertz CT molecular complexity index is 743. The topological polar surface area (TPSA) is 88.9 Å². The maximum absolute atomic E-state index is 12.7. The molecule has 1 aliphatic carbocycles. The first-order chi connectivity index (χ1) is 13.5. The second-order valence-electron chi connectivity index (χ2n) is 6.46. The van der Waals surface area contributed by atoms with Crippen LogP contribution in [0.2, 0.25) is 0 Å². The smallest absolute Gasteiger partial charge is 0.307 e. The summed E-state index contributed by atoms with van der Waals surface area (Å²) in [6.45, 7) is 5.06. The number of amides is 1. The van der Waals surface area contributed by atoms with E-state index in [1.54, 1.807) is 24.0 Å². The molecule has 0 heterocycles. The van der Waals surface area contributed by atoms with E-state index in [-0.39, 0.29) is 24.9 Å². The van der Waals surface area contributed by atoms with Crippen LogP contribution in [0.5, 0.6) is 11.5 Å². The maximum atomic E-state index is 12.7. The number of benzene rings is 1. The number of halogens is 1. The third-order valence-corrected chi connectivity index (χ3v) is 4.79. The molecule has 0 N–H and O–H groups in total. The molecule has 0 saturated heterocycles. The summed E-state index contributed by atoms with van der Waals surface area (Å²) in [5, 5.41) is 9.10. The fourth-order valence-electron chi connectivity index (χ4n) is 2.65. The van der Waals surface area contributed by atoms with Crippen molar-refractivity contribution < 1.29 is 23.8 Å². The summed E-state index contributed by atoms with van der Waals surface area (Å²) in [6, 6.07) is 5.25. The van der Waals surface area contributed by atoms with Gasteiger partial charge in [-0.15, -0.1) is 0 Å². The Morgan fingerprint density at radius 1 is 1.25 bits per heavy atom. The lowest BCUT2D eigenvalue weighted by Crippen LogP contribution is -2.38. The molecular weight excluding hydrogens is 428 g/mol. The van der Waals surface area contributed by atoms with Crippen LogP contribution in [0.3, 0.4) is 0 Å². The molecule has 1 aromatic carbocycles. The van der Waals surface area contributed by atoms with Crippen molar-refractivity contribution in [1.82, 2.24) is 4.90 Å². The molecule has 1 saturated carbocycles. The van der Waals surface area contributed by atoms with Gasteiger partial charge >= 0.3 is 5.97 Å². The van der Waals surface area contributed by atoms with E-state index < -0.39 is 0 Å². The predicted molar refractivity (Wildman–Crippen MR) is 106 cm³/mol. The molecule has 28 heavy (non-hydrogen) atoms. The summed E-state index contributed by atoms with van der Waals surface area (Å²) >= 11 is 3.37. The third-order valence-electron chi connectivity index (χ3n) is 4.20. The number of rotatable bonds is 11. The number of nitriles is 1.